The molecule has 0 heterocycles. The number of benzene rings is 1. The highest BCUT2D eigenvalue weighted by Crippen LogP contribution is 2.32. The van der Waals surface area contributed by atoms with Crippen molar-refractivity contribution in [2.45, 2.75) is 63.2 Å². The molecule has 1 saturated carbocycles. The quantitative estimate of drug-likeness (QED) is 0.326. The van der Waals surface area contributed by atoms with Gasteiger partial charge in [0.05, 0.1) is 0 Å². The lowest BCUT2D eigenvalue weighted by Crippen LogP contribution is -2.07. The number of unbranched alkanes of at least 4 members (excludes halogenated alkanes) is 4. The first-order chi connectivity index (χ1) is 10.7. The molecule has 1 nitrogen and oxygen atoms in total. The summed E-state index contributed by atoms with van der Waals surface area (Å²) in [6.45, 7) is 2.24. The molecule has 22 heavy (non-hydrogen) atoms. The van der Waals surface area contributed by atoms with E-state index in [4.69, 9.17) is 0 Å². The van der Waals surface area contributed by atoms with E-state index in [0.717, 1.165) is 30.4 Å². The summed E-state index contributed by atoms with van der Waals surface area (Å²) in [4.78, 5) is 13.7. The van der Waals surface area contributed by atoms with Crippen molar-refractivity contribution in [3.05, 3.63) is 35.4 Å². The zero-order valence-electron chi connectivity index (χ0n) is 13.9. The van der Waals surface area contributed by atoms with Crippen LogP contribution >= 0.6 is 11.8 Å². The lowest BCUT2D eigenvalue weighted by molar-refractivity contribution is -0.117. The first-order valence-corrected chi connectivity index (χ1v) is 9.86. The Kier molecular flexibility index (Phi) is 7.24. The molecule has 1 aliphatic rings. The average Bonchev–Trinajstić information content (AvgIpc) is 2.89. The SMILES string of the molecule is CCCCCCCC1CCC(=Cc2ccc(SC)cc2)C1=O. The Labute approximate surface area is 139 Å². The number of hydrogen-bond acceptors (Lipinski definition) is 2. The van der Waals surface area contributed by atoms with E-state index in [9.17, 15) is 4.79 Å². The maximum atomic E-state index is 12.5. The van der Waals surface area contributed by atoms with Crippen LogP contribution in [0.5, 0.6) is 0 Å². The molecule has 1 aliphatic carbocycles. The van der Waals surface area contributed by atoms with Gasteiger partial charge in [0, 0.05) is 10.8 Å². The highest BCUT2D eigenvalue weighted by molar-refractivity contribution is 7.98. The largest absolute Gasteiger partial charge is 0.294 e. The van der Waals surface area contributed by atoms with Crippen molar-refractivity contribution in [2.75, 3.05) is 6.26 Å². The smallest absolute Gasteiger partial charge is 0.161 e. The van der Waals surface area contributed by atoms with Crippen molar-refractivity contribution in [1.29, 1.82) is 0 Å². The predicted octanol–water partition coefficient (Wildman–Crippen LogP) is 6.13. The van der Waals surface area contributed by atoms with Crippen molar-refractivity contribution < 1.29 is 4.79 Å². The molecule has 0 spiro atoms. The Morgan fingerprint density at radius 2 is 1.86 bits per heavy atom. The molecule has 0 radical (unpaired) electrons. The summed E-state index contributed by atoms with van der Waals surface area (Å²) in [5, 5.41) is 0. The fourth-order valence-electron chi connectivity index (χ4n) is 3.16. The van der Waals surface area contributed by atoms with Gasteiger partial charge in [-0.05, 0) is 54.9 Å². The molecule has 1 aromatic rings. The number of thioether (sulfide) groups is 1. The summed E-state index contributed by atoms with van der Waals surface area (Å²) in [7, 11) is 0. The minimum absolute atomic E-state index is 0.290. The first kappa shape index (κ1) is 17.3. The lowest BCUT2D eigenvalue weighted by Gasteiger charge is -2.07. The molecule has 0 bridgehead atoms. The highest BCUT2D eigenvalue weighted by Gasteiger charge is 2.28. The predicted molar refractivity (Wildman–Crippen MR) is 97.3 cm³/mol. The van der Waals surface area contributed by atoms with Crippen molar-refractivity contribution in [1.82, 2.24) is 0 Å². The third-order valence-corrected chi connectivity index (χ3v) is 5.31. The summed E-state index contributed by atoms with van der Waals surface area (Å²) in [6, 6.07) is 8.48. The zero-order chi connectivity index (χ0) is 15.8. The van der Waals surface area contributed by atoms with Gasteiger partial charge in [-0.15, -0.1) is 11.8 Å². The molecule has 0 aromatic heterocycles. The van der Waals surface area contributed by atoms with Crippen molar-refractivity contribution in [3.8, 4) is 0 Å². The van der Waals surface area contributed by atoms with Gasteiger partial charge in [-0.3, -0.25) is 4.79 Å². The topological polar surface area (TPSA) is 17.1 Å². The maximum Gasteiger partial charge on any atom is 0.161 e. The minimum Gasteiger partial charge on any atom is -0.294 e. The molecule has 0 N–H and O–H groups in total. The second-order valence-electron chi connectivity index (χ2n) is 6.25. The van der Waals surface area contributed by atoms with Crippen molar-refractivity contribution in [2.24, 2.45) is 5.92 Å². The maximum absolute atomic E-state index is 12.5. The summed E-state index contributed by atoms with van der Waals surface area (Å²) in [6.07, 6.45) is 13.7. The second-order valence-corrected chi connectivity index (χ2v) is 7.13. The Hall–Kier alpha value is -1.02. The van der Waals surface area contributed by atoms with Crippen LogP contribution in [0.25, 0.3) is 6.08 Å². The third kappa shape index (κ3) is 5.01. The Morgan fingerprint density at radius 3 is 2.55 bits per heavy atom. The van der Waals surface area contributed by atoms with Crippen LogP contribution in [0.15, 0.2) is 34.7 Å². The van der Waals surface area contributed by atoms with Gasteiger partial charge in [0.2, 0.25) is 0 Å². The first-order valence-electron chi connectivity index (χ1n) is 8.63. The number of carbonyl (C=O) groups excluding carboxylic acids is 1. The van der Waals surface area contributed by atoms with Crippen LogP contribution in [-0.4, -0.2) is 12.0 Å². The lowest BCUT2D eigenvalue weighted by atomic mass is 9.97. The molecule has 1 aromatic carbocycles. The molecule has 1 unspecified atom stereocenters. The Morgan fingerprint density at radius 1 is 1.14 bits per heavy atom. The number of hydrogen-bond donors (Lipinski definition) is 0. The molecular weight excluding hydrogens is 288 g/mol. The molecular formula is C20H28OS. The molecule has 0 amide bonds. The average molecular weight is 317 g/mol. The van der Waals surface area contributed by atoms with Gasteiger partial charge in [-0.2, -0.15) is 0 Å². The normalized spacial score (nSPS) is 20.0. The van der Waals surface area contributed by atoms with Gasteiger partial charge in [-0.1, -0.05) is 51.2 Å². The Balaban J connectivity index is 1.85. The molecule has 120 valence electrons. The summed E-state index contributed by atoms with van der Waals surface area (Å²) in [5.41, 5.74) is 2.19. The number of carbonyl (C=O) groups is 1. The van der Waals surface area contributed by atoms with Crippen LogP contribution in [0.3, 0.4) is 0 Å². The summed E-state index contributed by atoms with van der Waals surface area (Å²) >= 11 is 1.75. The van der Waals surface area contributed by atoms with E-state index in [1.54, 1.807) is 11.8 Å². The molecule has 2 heteroatoms. The standard InChI is InChI=1S/C20H28OS/c1-3-4-5-6-7-8-17-11-12-18(20(17)21)15-16-9-13-19(22-2)14-10-16/h9-10,13-15,17H,3-8,11-12H2,1-2H3. The van der Waals surface area contributed by atoms with Crippen LogP contribution in [0, 0.1) is 5.92 Å². The number of Topliss-reactive ketones (excluding diaryl/α,β-unsaturated/α-hetero) is 1. The third-order valence-electron chi connectivity index (χ3n) is 4.56. The van der Waals surface area contributed by atoms with Gasteiger partial charge in [0.25, 0.3) is 0 Å². The van der Waals surface area contributed by atoms with Crippen molar-refractivity contribution >= 4 is 23.6 Å². The van der Waals surface area contributed by atoms with E-state index < -0.39 is 0 Å². The van der Waals surface area contributed by atoms with Gasteiger partial charge in [0.1, 0.15) is 0 Å². The highest BCUT2D eigenvalue weighted by atomic mass is 32.2. The van der Waals surface area contributed by atoms with Gasteiger partial charge in [-0.25, -0.2) is 0 Å². The van der Waals surface area contributed by atoms with Crippen LogP contribution in [-0.2, 0) is 4.79 Å². The van der Waals surface area contributed by atoms with Crippen LogP contribution in [0.2, 0.25) is 0 Å². The number of allylic oxidation sites excluding steroid dienone is 1. The van der Waals surface area contributed by atoms with E-state index in [1.165, 1.54) is 37.0 Å². The molecule has 1 atom stereocenters. The fourth-order valence-corrected chi connectivity index (χ4v) is 3.57. The van der Waals surface area contributed by atoms with Gasteiger partial charge < -0.3 is 0 Å². The summed E-state index contributed by atoms with van der Waals surface area (Å²) < 4.78 is 0. The van der Waals surface area contributed by atoms with Gasteiger partial charge in [0.15, 0.2) is 5.78 Å². The van der Waals surface area contributed by atoms with Crippen LogP contribution < -0.4 is 0 Å². The van der Waals surface area contributed by atoms with E-state index in [1.807, 2.05) is 0 Å². The minimum atomic E-state index is 0.290. The van der Waals surface area contributed by atoms with Crippen LogP contribution in [0.4, 0.5) is 0 Å². The number of rotatable bonds is 8. The van der Waals surface area contributed by atoms with E-state index >= 15 is 0 Å². The number of ketones is 1. The molecule has 0 saturated heterocycles. The molecule has 1 fully saturated rings. The molecule has 2 rings (SSSR count). The van der Waals surface area contributed by atoms with E-state index in [-0.39, 0.29) is 0 Å². The van der Waals surface area contributed by atoms with Gasteiger partial charge >= 0.3 is 0 Å². The van der Waals surface area contributed by atoms with Crippen LogP contribution in [0.1, 0.15) is 63.9 Å². The monoisotopic (exact) mass is 316 g/mol. The summed E-state index contributed by atoms with van der Waals surface area (Å²) in [5.74, 6) is 0.697. The Bertz CT molecular complexity index is 501. The second kappa shape index (κ2) is 9.19. The molecule has 0 aliphatic heterocycles. The van der Waals surface area contributed by atoms with E-state index in [2.05, 4.69) is 43.5 Å². The van der Waals surface area contributed by atoms with E-state index in [0.29, 0.717) is 11.7 Å². The zero-order valence-corrected chi connectivity index (χ0v) is 14.8. The fraction of sp³-hybridized carbons (Fsp3) is 0.550. The van der Waals surface area contributed by atoms with Crippen molar-refractivity contribution in [3.63, 3.8) is 0 Å².